The van der Waals surface area contributed by atoms with Crippen molar-refractivity contribution in [1.29, 1.82) is 0 Å². The molecule has 1 aromatic heterocycles. The minimum Gasteiger partial charge on any atom is -0.333 e. The average molecular weight is 245 g/mol. The fourth-order valence-electron chi connectivity index (χ4n) is 5.50. The zero-order valence-electron chi connectivity index (χ0n) is 11.0. The molecule has 4 saturated carbocycles. The van der Waals surface area contributed by atoms with E-state index >= 15 is 0 Å². The lowest BCUT2D eigenvalue weighted by molar-refractivity contribution is -0.00879. The van der Waals surface area contributed by atoms with Crippen LogP contribution in [0.15, 0.2) is 12.5 Å². The molecule has 0 atom stereocenters. The summed E-state index contributed by atoms with van der Waals surface area (Å²) in [7, 11) is 0. The number of nitrogens with zero attached hydrogens (tertiary/aromatic N) is 2. The molecule has 3 nitrogen and oxygen atoms in total. The number of rotatable bonds is 3. The number of hydrogen-bond acceptors (Lipinski definition) is 2. The van der Waals surface area contributed by atoms with Crippen molar-refractivity contribution in [1.82, 2.24) is 9.55 Å². The predicted octanol–water partition coefficient (Wildman–Crippen LogP) is 2.31. The van der Waals surface area contributed by atoms with Gasteiger partial charge in [-0.3, -0.25) is 0 Å². The van der Waals surface area contributed by atoms with Crippen molar-refractivity contribution in [2.24, 2.45) is 23.5 Å². The molecule has 0 aromatic carbocycles. The van der Waals surface area contributed by atoms with Crippen LogP contribution in [0.2, 0.25) is 0 Å². The standard InChI is InChI=1S/C15H23N3/c16-1-2-18-10-17-9-14(18)15-6-11-3-12(7-15)5-13(4-11)8-15/h9-13H,1-8,16H2. The SMILES string of the molecule is NCCn1cncc1C12CC3CC(CC(C3)C1)C2. The van der Waals surface area contributed by atoms with E-state index in [-0.39, 0.29) is 0 Å². The number of imidazole rings is 1. The number of hydrogen-bond donors (Lipinski definition) is 1. The number of aromatic nitrogens is 2. The van der Waals surface area contributed by atoms with Gasteiger partial charge in [-0.25, -0.2) is 4.98 Å². The molecular weight excluding hydrogens is 222 g/mol. The van der Waals surface area contributed by atoms with Crippen LogP contribution < -0.4 is 5.73 Å². The Morgan fingerprint density at radius 1 is 1.17 bits per heavy atom. The Bertz CT molecular complexity index is 413. The van der Waals surface area contributed by atoms with Crippen LogP contribution in [-0.4, -0.2) is 16.1 Å². The summed E-state index contributed by atoms with van der Waals surface area (Å²) in [6, 6.07) is 0. The zero-order chi connectivity index (χ0) is 12.2. The molecule has 4 aliphatic carbocycles. The topological polar surface area (TPSA) is 43.8 Å². The van der Waals surface area contributed by atoms with Gasteiger partial charge < -0.3 is 10.3 Å². The third-order valence-electron chi connectivity index (χ3n) is 5.66. The molecule has 0 aliphatic heterocycles. The minimum atomic E-state index is 0.459. The van der Waals surface area contributed by atoms with Crippen molar-refractivity contribution in [3.8, 4) is 0 Å². The second-order valence-corrected chi connectivity index (χ2v) is 6.96. The van der Waals surface area contributed by atoms with Gasteiger partial charge in [0.25, 0.3) is 0 Å². The van der Waals surface area contributed by atoms with Crippen LogP contribution in [0, 0.1) is 17.8 Å². The van der Waals surface area contributed by atoms with Gasteiger partial charge in [-0.05, 0) is 56.3 Å². The Kier molecular flexibility index (Phi) is 2.35. The van der Waals surface area contributed by atoms with Crippen molar-refractivity contribution in [3.05, 3.63) is 18.2 Å². The summed E-state index contributed by atoms with van der Waals surface area (Å²) in [5.41, 5.74) is 7.68. The van der Waals surface area contributed by atoms with Crippen LogP contribution in [0.25, 0.3) is 0 Å². The molecule has 5 rings (SSSR count). The molecule has 0 amide bonds. The quantitative estimate of drug-likeness (QED) is 0.888. The lowest BCUT2D eigenvalue weighted by Crippen LogP contribution is -2.49. The Morgan fingerprint density at radius 3 is 2.33 bits per heavy atom. The molecule has 4 fully saturated rings. The molecular formula is C15H23N3. The Balaban J connectivity index is 1.72. The van der Waals surface area contributed by atoms with E-state index in [9.17, 15) is 0 Å². The number of nitrogens with two attached hydrogens (primary N) is 1. The summed E-state index contributed by atoms with van der Waals surface area (Å²) in [5.74, 6) is 2.99. The van der Waals surface area contributed by atoms with Crippen LogP contribution in [0.5, 0.6) is 0 Å². The third-order valence-corrected chi connectivity index (χ3v) is 5.66. The van der Waals surface area contributed by atoms with E-state index in [0.29, 0.717) is 5.41 Å². The second kappa shape index (κ2) is 3.83. The van der Waals surface area contributed by atoms with E-state index in [2.05, 4.69) is 15.7 Å². The molecule has 0 spiro atoms. The summed E-state index contributed by atoms with van der Waals surface area (Å²) in [6.07, 6.45) is 12.9. The highest BCUT2D eigenvalue weighted by atomic mass is 15.1. The molecule has 1 aromatic rings. The molecule has 3 heteroatoms. The smallest absolute Gasteiger partial charge is 0.0948 e. The van der Waals surface area contributed by atoms with E-state index in [4.69, 9.17) is 5.73 Å². The van der Waals surface area contributed by atoms with Gasteiger partial charge in [0.1, 0.15) is 0 Å². The van der Waals surface area contributed by atoms with Gasteiger partial charge in [-0.1, -0.05) is 0 Å². The summed E-state index contributed by atoms with van der Waals surface area (Å²) in [4.78, 5) is 4.41. The third kappa shape index (κ3) is 1.49. The molecule has 4 aliphatic rings. The Labute approximate surface area is 109 Å². The van der Waals surface area contributed by atoms with Crippen molar-refractivity contribution >= 4 is 0 Å². The summed E-state index contributed by atoms with van der Waals surface area (Å²) in [6.45, 7) is 1.65. The van der Waals surface area contributed by atoms with Gasteiger partial charge in [-0.2, -0.15) is 0 Å². The first-order chi connectivity index (χ1) is 8.79. The van der Waals surface area contributed by atoms with Crippen molar-refractivity contribution in [3.63, 3.8) is 0 Å². The Morgan fingerprint density at radius 2 is 1.78 bits per heavy atom. The fraction of sp³-hybridized carbons (Fsp3) is 0.800. The van der Waals surface area contributed by atoms with E-state index in [1.807, 2.05) is 6.33 Å². The molecule has 4 bridgehead atoms. The van der Waals surface area contributed by atoms with E-state index < -0.39 is 0 Å². The first-order valence-corrected chi connectivity index (χ1v) is 7.50. The van der Waals surface area contributed by atoms with Crippen LogP contribution in [-0.2, 0) is 12.0 Å². The lowest BCUT2D eigenvalue weighted by Gasteiger charge is -2.56. The highest BCUT2D eigenvalue weighted by Gasteiger charge is 2.52. The molecule has 2 N–H and O–H groups in total. The maximum atomic E-state index is 5.73. The zero-order valence-corrected chi connectivity index (χ0v) is 11.0. The summed E-state index contributed by atoms with van der Waals surface area (Å²) in [5, 5.41) is 0. The lowest BCUT2D eigenvalue weighted by atomic mass is 9.49. The molecule has 0 radical (unpaired) electrons. The highest BCUT2D eigenvalue weighted by Crippen LogP contribution is 2.60. The van der Waals surface area contributed by atoms with Crippen molar-refractivity contribution in [2.75, 3.05) is 6.54 Å². The van der Waals surface area contributed by atoms with Gasteiger partial charge in [-0.15, -0.1) is 0 Å². The predicted molar refractivity (Wildman–Crippen MR) is 71.1 cm³/mol. The fourth-order valence-corrected chi connectivity index (χ4v) is 5.50. The molecule has 0 unspecified atom stereocenters. The van der Waals surface area contributed by atoms with E-state index in [1.54, 1.807) is 0 Å². The molecule has 18 heavy (non-hydrogen) atoms. The van der Waals surface area contributed by atoms with E-state index in [1.165, 1.54) is 44.2 Å². The first kappa shape index (κ1) is 11.0. The first-order valence-electron chi connectivity index (χ1n) is 7.50. The average Bonchev–Trinajstić information content (AvgIpc) is 2.76. The van der Waals surface area contributed by atoms with Crippen LogP contribution in [0.4, 0.5) is 0 Å². The van der Waals surface area contributed by atoms with Crippen molar-refractivity contribution < 1.29 is 0 Å². The normalized spacial score (nSPS) is 41.5. The van der Waals surface area contributed by atoms with Crippen molar-refractivity contribution in [2.45, 2.75) is 50.5 Å². The second-order valence-electron chi connectivity index (χ2n) is 6.96. The molecule has 0 saturated heterocycles. The van der Waals surface area contributed by atoms with Gasteiger partial charge >= 0.3 is 0 Å². The van der Waals surface area contributed by atoms with Crippen LogP contribution in [0.3, 0.4) is 0 Å². The monoisotopic (exact) mass is 245 g/mol. The summed E-state index contributed by atoms with van der Waals surface area (Å²) < 4.78 is 2.33. The minimum absolute atomic E-state index is 0.459. The van der Waals surface area contributed by atoms with Gasteiger partial charge in [0.2, 0.25) is 0 Å². The van der Waals surface area contributed by atoms with Crippen LogP contribution >= 0.6 is 0 Å². The molecule has 98 valence electrons. The Hall–Kier alpha value is -0.830. The van der Waals surface area contributed by atoms with Gasteiger partial charge in [0.05, 0.1) is 6.33 Å². The maximum absolute atomic E-state index is 5.73. The van der Waals surface area contributed by atoms with E-state index in [0.717, 1.165) is 30.8 Å². The largest absolute Gasteiger partial charge is 0.333 e. The molecule has 1 heterocycles. The van der Waals surface area contributed by atoms with Gasteiger partial charge in [0, 0.05) is 30.4 Å². The summed E-state index contributed by atoms with van der Waals surface area (Å²) >= 11 is 0. The highest BCUT2D eigenvalue weighted by molar-refractivity contribution is 5.22. The van der Waals surface area contributed by atoms with Crippen LogP contribution in [0.1, 0.15) is 44.2 Å². The van der Waals surface area contributed by atoms with Gasteiger partial charge in [0.15, 0.2) is 0 Å². The maximum Gasteiger partial charge on any atom is 0.0948 e.